The monoisotopic (exact) mass is 387 g/mol. The number of rotatable bonds is 3. The standard InChI is InChI=1S/C21H17N5O3/c27-19-14(11-29-18-4-2-1-3-15(18)19)9-26-6-5-17-16(10-26)21(28)25-20(24-17)13-7-22-12-23-8-13/h1-4,7-8,11-12H,5-6,9-10H2,(H,24,25,28). The third kappa shape index (κ3) is 3.23. The first-order chi connectivity index (χ1) is 14.2. The lowest BCUT2D eigenvalue weighted by atomic mass is 10.1. The molecule has 1 aliphatic heterocycles. The Labute approximate surface area is 164 Å². The van der Waals surface area contributed by atoms with Crippen molar-refractivity contribution in [2.75, 3.05) is 6.54 Å². The van der Waals surface area contributed by atoms with E-state index in [9.17, 15) is 9.59 Å². The first-order valence-electron chi connectivity index (χ1n) is 9.28. The second-order valence-corrected chi connectivity index (χ2v) is 7.01. The molecule has 0 spiro atoms. The van der Waals surface area contributed by atoms with Gasteiger partial charge in [0, 0.05) is 44.0 Å². The second kappa shape index (κ2) is 7.06. The second-order valence-electron chi connectivity index (χ2n) is 7.01. The van der Waals surface area contributed by atoms with E-state index in [0.717, 1.165) is 5.69 Å². The van der Waals surface area contributed by atoms with Crippen LogP contribution in [0.4, 0.5) is 0 Å². The molecule has 1 aromatic carbocycles. The molecule has 8 heteroatoms. The molecule has 5 rings (SSSR count). The number of nitrogens with one attached hydrogen (secondary N) is 1. The quantitative estimate of drug-likeness (QED) is 0.572. The van der Waals surface area contributed by atoms with E-state index in [4.69, 9.17) is 4.42 Å². The van der Waals surface area contributed by atoms with E-state index in [2.05, 4.69) is 24.8 Å². The van der Waals surface area contributed by atoms with Crippen molar-refractivity contribution in [3.63, 3.8) is 0 Å². The minimum atomic E-state index is -0.177. The summed E-state index contributed by atoms with van der Waals surface area (Å²) in [6.07, 6.45) is 6.80. The molecule has 4 aromatic rings. The maximum absolute atomic E-state index is 12.7. The van der Waals surface area contributed by atoms with Gasteiger partial charge in [-0.2, -0.15) is 0 Å². The zero-order chi connectivity index (χ0) is 19.8. The lowest BCUT2D eigenvalue weighted by Crippen LogP contribution is -2.36. The minimum absolute atomic E-state index is 0.0379. The Hall–Kier alpha value is -3.65. The summed E-state index contributed by atoms with van der Waals surface area (Å²) in [6, 6.07) is 7.19. The molecule has 0 radical (unpaired) electrons. The molecular formula is C21H17N5O3. The highest BCUT2D eigenvalue weighted by Crippen LogP contribution is 2.19. The number of benzene rings is 1. The van der Waals surface area contributed by atoms with Gasteiger partial charge >= 0.3 is 0 Å². The molecule has 0 amide bonds. The summed E-state index contributed by atoms with van der Waals surface area (Å²) in [4.78, 5) is 42.8. The molecule has 4 heterocycles. The average molecular weight is 387 g/mol. The van der Waals surface area contributed by atoms with Crippen LogP contribution in [-0.4, -0.2) is 31.4 Å². The SMILES string of the molecule is O=c1[nH]c(-c2cncnc2)nc2c1CN(Cc1coc3ccccc3c1=O)CC2. The van der Waals surface area contributed by atoms with Crippen molar-refractivity contribution in [1.29, 1.82) is 0 Å². The number of hydrogen-bond donors (Lipinski definition) is 1. The van der Waals surface area contributed by atoms with Gasteiger partial charge in [0.1, 0.15) is 17.7 Å². The third-order valence-electron chi connectivity index (χ3n) is 5.13. The van der Waals surface area contributed by atoms with E-state index >= 15 is 0 Å². The van der Waals surface area contributed by atoms with E-state index < -0.39 is 0 Å². The molecule has 1 N–H and O–H groups in total. The first kappa shape index (κ1) is 17.4. The summed E-state index contributed by atoms with van der Waals surface area (Å²) in [7, 11) is 0. The zero-order valence-corrected chi connectivity index (χ0v) is 15.5. The largest absolute Gasteiger partial charge is 0.464 e. The fourth-order valence-corrected chi connectivity index (χ4v) is 3.64. The highest BCUT2D eigenvalue weighted by atomic mass is 16.3. The van der Waals surface area contributed by atoms with E-state index in [-0.39, 0.29) is 11.0 Å². The van der Waals surface area contributed by atoms with E-state index in [1.807, 2.05) is 12.1 Å². The van der Waals surface area contributed by atoms with Crippen molar-refractivity contribution in [3.05, 3.63) is 86.6 Å². The normalized spacial score (nSPS) is 14.1. The van der Waals surface area contributed by atoms with Crippen molar-refractivity contribution in [3.8, 4) is 11.4 Å². The molecule has 0 saturated carbocycles. The Morgan fingerprint density at radius 3 is 2.83 bits per heavy atom. The lowest BCUT2D eigenvalue weighted by molar-refractivity contribution is 0.239. The average Bonchev–Trinajstić information content (AvgIpc) is 2.77. The van der Waals surface area contributed by atoms with Crippen molar-refractivity contribution in [2.24, 2.45) is 0 Å². The Balaban J connectivity index is 1.43. The number of nitrogens with zero attached hydrogens (tertiary/aromatic N) is 4. The summed E-state index contributed by atoms with van der Waals surface area (Å²) in [5.41, 5.74) is 3.01. The maximum Gasteiger partial charge on any atom is 0.255 e. The minimum Gasteiger partial charge on any atom is -0.464 e. The molecule has 0 fully saturated rings. The smallest absolute Gasteiger partial charge is 0.255 e. The Bertz CT molecular complexity index is 1310. The molecule has 1 aliphatic rings. The molecular weight excluding hydrogens is 370 g/mol. The topological polar surface area (TPSA) is 105 Å². The summed E-state index contributed by atoms with van der Waals surface area (Å²) < 4.78 is 5.60. The molecule has 144 valence electrons. The maximum atomic E-state index is 12.7. The van der Waals surface area contributed by atoms with Gasteiger partial charge in [-0.3, -0.25) is 14.5 Å². The summed E-state index contributed by atoms with van der Waals surface area (Å²) in [6.45, 7) is 1.54. The number of para-hydroxylation sites is 1. The molecule has 0 atom stereocenters. The fourth-order valence-electron chi connectivity index (χ4n) is 3.64. The predicted molar refractivity (Wildman–Crippen MR) is 106 cm³/mol. The van der Waals surface area contributed by atoms with E-state index in [1.165, 1.54) is 12.6 Å². The zero-order valence-electron chi connectivity index (χ0n) is 15.5. The van der Waals surface area contributed by atoms with Gasteiger partial charge in [0.25, 0.3) is 5.56 Å². The molecule has 0 bridgehead atoms. The van der Waals surface area contributed by atoms with Gasteiger partial charge in [0.05, 0.1) is 28.5 Å². The van der Waals surface area contributed by atoms with Crippen LogP contribution in [-0.2, 0) is 19.5 Å². The van der Waals surface area contributed by atoms with Gasteiger partial charge in [-0.15, -0.1) is 0 Å². The molecule has 3 aromatic heterocycles. The fraction of sp³-hybridized carbons (Fsp3) is 0.190. The lowest BCUT2D eigenvalue weighted by Gasteiger charge is -2.27. The van der Waals surface area contributed by atoms with Crippen LogP contribution >= 0.6 is 0 Å². The highest BCUT2D eigenvalue weighted by Gasteiger charge is 2.22. The van der Waals surface area contributed by atoms with Crippen LogP contribution in [0.3, 0.4) is 0 Å². The van der Waals surface area contributed by atoms with Gasteiger partial charge in [-0.05, 0) is 12.1 Å². The van der Waals surface area contributed by atoms with Crippen LogP contribution in [0, 0.1) is 0 Å². The van der Waals surface area contributed by atoms with Crippen LogP contribution in [0.25, 0.3) is 22.4 Å². The van der Waals surface area contributed by atoms with Crippen molar-refractivity contribution in [2.45, 2.75) is 19.5 Å². The van der Waals surface area contributed by atoms with Crippen LogP contribution < -0.4 is 11.0 Å². The van der Waals surface area contributed by atoms with Crippen molar-refractivity contribution >= 4 is 11.0 Å². The van der Waals surface area contributed by atoms with Crippen LogP contribution in [0.1, 0.15) is 16.8 Å². The van der Waals surface area contributed by atoms with Gasteiger partial charge in [-0.1, -0.05) is 12.1 Å². The van der Waals surface area contributed by atoms with E-state index in [0.29, 0.717) is 59.5 Å². The molecule has 8 nitrogen and oxygen atoms in total. The van der Waals surface area contributed by atoms with E-state index in [1.54, 1.807) is 24.5 Å². The summed E-state index contributed by atoms with van der Waals surface area (Å²) in [5.74, 6) is 0.470. The number of hydrogen-bond acceptors (Lipinski definition) is 7. The summed E-state index contributed by atoms with van der Waals surface area (Å²) >= 11 is 0. The van der Waals surface area contributed by atoms with Crippen LogP contribution in [0.15, 0.2) is 63.3 Å². The van der Waals surface area contributed by atoms with Gasteiger partial charge in [0.15, 0.2) is 5.43 Å². The number of H-pyrrole nitrogens is 1. The number of aromatic nitrogens is 4. The van der Waals surface area contributed by atoms with Crippen molar-refractivity contribution in [1.82, 2.24) is 24.8 Å². The number of aromatic amines is 1. The van der Waals surface area contributed by atoms with Crippen LogP contribution in [0.5, 0.6) is 0 Å². The van der Waals surface area contributed by atoms with Crippen LogP contribution in [0.2, 0.25) is 0 Å². The first-order valence-corrected chi connectivity index (χ1v) is 9.28. The predicted octanol–water partition coefficient (Wildman–Crippen LogP) is 1.89. The van der Waals surface area contributed by atoms with Gasteiger partial charge in [-0.25, -0.2) is 15.0 Å². The Kier molecular flexibility index (Phi) is 4.25. The Morgan fingerprint density at radius 2 is 1.97 bits per heavy atom. The molecule has 0 aliphatic carbocycles. The molecule has 0 saturated heterocycles. The summed E-state index contributed by atoms with van der Waals surface area (Å²) in [5, 5.41) is 0.566. The number of fused-ring (bicyclic) bond motifs is 2. The third-order valence-corrected chi connectivity index (χ3v) is 5.13. The van der Waals surface area contributed by atoms with Gasteiger partial charge < -0.3 is 9.40 Å². The Morgan fingerprint density at radius 1 is 1.14 bits per heavy atom. The highest BCUT2D eigenvalue weighted by molar-refractivity contribution is 5.76. The molecule has 0 unspecified atom stereocenters. The molecule has 29 heavy (non-hydrogen) atoms. The van der Waals surface area contributed by atoms with Crippen molar-refractivity contribution < 1.29 is 4.42 Å². The van der Waals surface area contributed by atoms with Gasteiger partial charge in [0.2, 0.25) is 0 Å².